The largest absolute Gasteiger partial charge is 0.474 e. The maximum Gasteiger partial charge on any atom is 0.213 e. The third-order valence-electron chi connectivity index (χ3n) is 4.38. The van der Waals surface area contributed by atoms with Gasteiger partial charge in [0.15, 0.2) is 5.96 Å². The van der Waals surface area contributed by atoms with Gasteiger partial charge in [-0.3, -0.25) is 0 Å². The smallest absolute Gasteiger partial charge is 0.213 e. The number of pyridine rings is 1. The molecule has 0 spiro atoms. The Bertz CT molecular complexity index is 687. The zero-order valence-corrected chi connectivity index (χ0v) is 17.3. The van der Waals surface area contributed by atoms with E-state index in [1.54, 1.807) is 6.20 Å². The fourth-order valence-corrected chi connectivity index (χ4v) is 3.00. The van der Waals surface area contributed by atoms with Gasteiger partial charge >= 0.3 is 0 Å². The number of aromatic nitrogens is 1. The Morgan fingerprint density at radius 2 is 1.92 bits per heavy atom. The van der Waals surface area contributed by atoms with Crippen molar-refractivity contribution in [3.8, 4) is 5.88 Å². The van der Waals surface area contributed by atoms with E-state index in [-0.39, 0.29) is 24.0 Å². The van der Waals surface area contributed by atoms with Gasteiger partial charge in [0.2, 0.25) is 5.88 Å². The quantitative estimate of drug-likeness (QED) is 0.371. The number of nitrogens with zero attached hydrogens (tertiary/aromatic N) is 2. The number of hydrogen-bond donors (Lipinski definition) is 2. The van der Waals surface area contributed by atoms with Crippen molar-refractivity contribution in [2.24, 2.45) is 10.7 Å². The number of nitrogens with one attached hydrogen (secondary N) is 1. The molecule has 1 aliphatic carbocycles. The van der Waals surface area contributed by atoms with Crippen LogP contribution in [-0.4, -0.2) is 23.6 Å². The summed E-state index contributed by atoms with van der Waals surface area (Å²) in [5, 5.41) is 3.16. The molecule has 0 unspecified atom stereocenters. The number of aliphatic imine (C=N–C) groups is 1. The average molecular weight is 466 g/mol. The van der Waals surface area contributed by atoms with Gasteiger partial charge in [-0.2, -0.15) is 0 Å². The van der Waals surface area contributed by atoms with Crippen LogP contribution in [0.25, 0.3) is 0 Å². The van der Waals surface area contributed by atoms with Gasteiger partial charge in [-0.25, -0.2) is 9.98 Å². The number of nitrogens with two attached hydrogens (primary N) is 1. The molecule has 1 saturated carbocycles. The SMILES string of the molecule is I.NC(=NCc1ccnc(OC2CCCC2)c1)NCCc1ccccc1. The average Bonchev–Trinajstić information content (AvgIpc) is 3.14. The molecule has 140 valence electrons. The van der Waals surface area contributed by atoms with Gasteiger partial charge in [0.1, 0.15) is 6.10 Å². The monoisotopic (exact) mass is 466 g/mol. The number of ether oxygens (including phenoxy) is 1. The van der Waals surface area contributed by atoms with Crippen LogP contribution < -0.4 is 15.8 Å². The fraction of sp³-hybridized carbons (Fsp3) is 0.400. The number of rotatable bonds is 7. The highest BCUT2D eigenvalue weighted by atomic mass is 127. The van der Waals surface area contributed by atoms with Crippen molar-refractivity contribution in [3.63, 3.8) is 0 Å². The van der Waals surface area contributed by atoms with Crippen molar-refractivity contribution in [2.75, 3.05) is 6.54 Å². The van der Waals surface area contributed by atoms with E-state index >= 15 is 0 Å². The van der Waals surface area contributed by atoms with E-state index in [0.717, 1.165) is 31.4 Å². The van der Waals surface area contributed by atoms with Crippen LogP contribution in [-0.2, 0) is 13.0 Å². The number of benzene rings is 1. The molecule has 6 heteroatoms. The number of hydrogen-bond acceptors (Lipinski definition) is 3. The van der Waals surface area contributed by atoms with E-state index in [0.29, 0.717) is 24.5 Å². The Kier molecular flexibility index (Phi) is 8.67. The van der Waals surface area contributed by atoms with Crippen LogP contribution in [0.4, 0.5) is 0 Å². The predicted octanol–water partition coefficient (Wildman–Crippen LogP) is 3.67. The van der Waals surface area contributed by atoms with Crippen molar-refractivity contribution in [1.29, 1.82) is 0 Å². The normalized spacial score (nSPS) is 14.7. The molecule has 26 heavy (non-hydrogen) atoms. The molecule has 0 amide bonds. The summed E-state index contributed by atoms with van der Waals surface area (Å²) >= 11 is 0. The fourth-order valence-electron chi connectivity index (χ4n) is 3.00. The van der Waals surface area contributed by atoms with E-state index in [1.165, 1.54) is 18.4 Å². The number of halogens is 1. The van der Waals surface area contributed by atoms with E-state index in [2.05, 4.69) is 27.4 Å². The lowest BCUT2D eigenvalue weighted by atomic mass is 10.1. The van der Waals surface area contributed by atoms with E-state index in [1.807, 2.05) is 30.3 Å². The summed E-state index contributed by atoms with van der Waals surface area (Å²) in [5.41, 5.74) is 8.28. The summed E-state index contributed by atoms with van der Waals surface area (Å²) in [6.45, 7) is 1.29. The van der Waals surface area contributed by atoms with Gasteiger partial charge in [-0.05, 0) is 49.3 Å². The second kappa shape index (κ2) is 11.0. The molecular weight excluding hydrogens is 439 g/mol. The van der Waals surface area contributed by atoms with Crippen LogP contribution in [0.2, 0.25) is 0 Å². The first kappa shape index (κ1) is 20.5. The summed E-state index contributed by atoms with van der Waals surface area (Å²) in [5.74, 6) is 1.15. The van der Waals surface area contributed by atoms with Crippen molar-refractivity contribution in [1.82, 2.24) is 10.3 Å². The molecule has 1 aromatic carbocycles. The molecule has 0 aliphatic heterocycles. The second-order valence-corrected chi connectivity index (χ2v) is 6.39. The molecule has 1 aliphatic rings. The maximum atomic E-state index is 5.95. The number of guanidine groups is 1. The Hall–Kier alpha value is -1.83. The summed E-state index contributed by atoms with van der Waals surface area (Å²) < 4.78 is 5.93. The Balaban J connectivity index is 0.00000243. The lowest BCUT2D eigenvalue weighted by Crippen LogP contribution is -2.33. The molecule has 1 heterocycles. The minimum Gasteiger partial charge on any atom is -0.474 e. The van der Waals surface area contributed by atoms with Gasteiger partial charge < -0.3 is 15.8 Å². The molecule has 3 rings (SSSR count). The minimum atomic E-state index is 0. The Morgan fingerprint density at radius 3 is 2.69 bits per heavy atom. The molecule has 3 N–H and O–H groups in total. The van der Waals surface area contributed by atoms with Gasteiger partial charge in [0.25, 0.3) is 0 Å². The van der Waals surface area contributed by atoms with Gasteiger partial charge in [0.05, 0.1) is 6.54 Å². The second-order valence-electron chi connectivity index (χ2n) is 6.39. The van der Waals surface area contributed by atoms with E-state index in [4.69, 9.17) is 10.5 Å². The standard InChI is InChI=1S/C20H26N4O.HI/c21-20(23-13-10-16-6-2-1-3-7-16)24-15-17-11-12-22-19(14-17)25-18-8-4-5-9-18;/h1-3,6-7,11-12,14,18H,4-5,8-10,13,15H2,(H3,21,23,24);1H. The van der Waals surface area contributed by atoms with E-state index < -0.39 is 0 Å². The molecule has 5 nitrogen and oxygen atoms in total. The van der Waals surface area contributed by atoms with Crippen molar-refractivity contribution >= 4 is 29.9 Å². The first-order chi connectivity index (χ1) is 12.3. The van der Waals surface area contributed by atoms with E-state index in [9.17, 15) is 0 Å². The molecule has 0 atom stereocenters. The highest BCUT2D eigenvalue weighted by Crippen LogP contribution is 2.23. The topological polar surface area (TPSA) is 72.5 Å². The van der Waals surface area contributed by atoms with Crippen LogP contribution in [0.5, 0.6) is 5.88 Å². The maximum absolute atomic E-state index is 5.95. The zero-order valence-electron chi connectivity index (χ0n) is 14.9. The van der Waals surface area contributed by atoms with Crippen molar-refractivity contribution in [2.45, 2.75) is 44.8 Å². The summed E-state index contributed by atoms with van der Waals surface area (Å²) in [7, 11) is 0. The molecule has 0 saturated heterocycles. The summed E-state index contributed by atoms with van der Waals surface area (Å²) in [4.78, 5) is 8.69. The summed E-state index contributed by atoms with van der Waals surface area (Å²) in [6, 6.07) is 14.2. The first-order valence-corrected chi connectivity index (χ1v) is 8.99. The minimum absolute atomic E-state index is 0. The Labute approximate surface area is 172 Å². The highest BCUT2D eigenvalue weighted by molar-refractivity contribution is 14.0. The van der Waals surface area contributed by atoms with Crippen LogP contribution in [0, 0.1) is 0 Å². The van der Waals surface area contributed by atoms with Gasteiger partial charge in [0, 0.05) is 18.8 Å². The van der Waals surface area contributed by atoms with Gasteiger partial charge in [-0.1, -0.05) is 30.3 Å². The van der Waals surface area contributed by atoms with Crippen LogP contribution in [0.1, 0.15) is 36.8 Å². The Morgan fingerprint density at radius 1 is 1.15 bits per heavy atom. The van der Waals surface area contributed by atoms with Crippen molar-refractivity contribution < 1.29 is 4.74 Å². The third kappa shape index (κ3) is 6.82. The van der Waals surface area contributed by atoms with Crippen molar-refractivity contribution in [3.05, 3.63) is 59.8 Å². The lowest BCUT2D eigenvalue weighted by molar-refractivity contribution is 0.201. The molecule has 0 bridgehead atoms. The highest BCUT2D eigenvalue weighted by Gasteiger charge is 2.16. The molecule has 1 aromatic heterocycles. The molecular formula is C20H27IN4O. The zero-order chi connectivity index (χ0) is 17.3. The first-order valence-electron chi connectivity index (χ1n) is 8.99. The predicted molar refractivity (Wildman–Crippen MR) is 116 cm³/mol. The lowest BCUT2D eigenvalue weighted by Gasteiger charge is -2.12. The molecule has 1 fully saturated rings. The van der Waals surface area contributed by atoms with Crippen LogP contribution in [0.3, 0.4) is 0 Å². The third-order valence-corrected chi connectivity index (χ3v) is 4.38. The molecule has 2 aromatic rings. The van der Waals surface area contributed by atoms with Crippen LogP contribution in [0.15, 0.2) is 53.7 Å². The molecule has 0 radical (unpaired) electrons. The van der Waals surface area contributed by atoms with Gasteiger partial charge in [-0.15, -0.1) is 24.0 Å². The van der Waals surface area contributed by atoms with Crippen LogP contribution >= 0.6 is 24.0 Å². The summed E-state index contributed by atoms with van der Waals surface area (Å²) in [6.07, 6.45) is 7.76.